The number of hydrogen-bond acceptors (Lipinski definition) is 3. The first-order valence-corrected chi connectivity index (χ1v) is 15.3. The molecule has 4 aromatic carbocycles. The molecule has 1 N–H and O–H groups in total. The normalized spacial score (nSPS) is 20.8. The molecule has 0 radical (unpaired) electrons. The zero-order valence-electron chi connectivity index (χ0n) is 24.3. The lowest BCUT2D eigenvalue weighted by Gasteiger charge is -2.43. The summed E-state index contributed by atoms with van der Waals surface area (Å²) in [4.78, 5) is 35.6. The maximum atomic E-state index is 15.2. The monoisotopic (exact) mass is 588 g/mol. The van der Waals surface area contributed by atoms with Crippen LogP contribution in [0.3, 0.4) is 0 Å². The molecule has 5 nitrogen and oxygen atoms in total. The third-order valence-corrected chi connectivity index (χ3v) is 9.60. The Morgan fingerprint density at radius 1 is 1.00 bits per heavy atom. The molecule has 3 atom stereocenters. The van der Waals surface area contributed by atoms with Gasteiger partial charge >= 0.3 is 0 Å². The van der Waals surface area contributed by atoms with E-state index in [0.717, 1.165) is 51.8 Å². The molecule has 5 aromatic rings. The van der Waals surface area contributed by atoms with Crippen molar-refractivity contribution in [1.82, 2.24) is 4.98 Å². The van der Waals surface area contributed by atoms with Gasteiger partial charge in [0, 0.05) is 51.3 Å². The van der Waals surface area contributed by atoms with Crippen molar-refractivity contribution in [3.63, 3.8) is 0 Å². The molecule has 2 aliphatic rings. The van der Waals surface area contributed by atoms with Gasteiger partial charge in [0.25, 0.3) is 0 Å². The summed E-state index contributed by atoms with van der Waals surface area (Å²) in [5.41, 5.74) is 4.88. The summed E-state index contributed by atoms with van der Waals surface area (Å²) in [6.07, 6.45) is 2.28. The number of anilines is 1. The number of ketones is 1. The van der Waals surface area contributed by atoms with Crippen LogP contribution in [0.5, 0.6) is 5.75 Å². The van der Waals surface area contributed by atoms with Gasteiger partial charge in [-0.05, 0) is 78.1 Å². The Bertz CT molecular complexity index is 1850. The molecule has 1 aliphatic heterocycles. The quantitative estimate of drug-likeness (QED) is 0.195. The van der Waals surface area contributed by atoms with E-state index in [1.165, 1.54) is 0 Å². The maximum Gasteiger partial charge on any atom is 0.244 e. The summed E-state index contributed by atoms with van der Waals surface area (Å²) in [5.74, 6) is -0.225. The first kappa shape index (κ1) is 27.5. The van der Waals surface area contributed by atoms with E-state index < -0.39 is 11.3 Å². The van der Waals surface area contributed by atoms with Crippen LogP contribution < -0.4 is 9.64 Å². The number of H-pyrrole nitrogens is 1. The highest BCUT2D eigenvalue weighted by Crippen LogP contribution is 2.60. The molecule has 0 saturated carbocycles. The summed E-state index contributed by atoms with van der Waals surface area (Å²) >= 11 is 6.69. The predicted octanol–water partition coefficient (Wildman–Crippen LogP) is 8.30. The second kappa shape index (κ2) is 10.7. The summed E-state index contributed by atoms with van der Waals surface area (Å²) in [6.45, 7) is 2.70. The van der Waals surface area contributed by atoms with Gasteiger partial charge in [-0.2, -0.15) is 0 Å². The van der Waals surface area contributed by atoms with Crippen LogP contribution in [0.25, 0.3) is 10.9 Å². The van der Waals surface area contributed by atoms with Crippen molar-refractivity contribution < 1.29 is 14.3 Å². The number of carbonyl (C=O) groups is 2. The first-order valence-electron chi connectivity index (χ1n) is 14.9. The third kappa shape index (κ3) is 4.13. The van der Waals surface area contributed by atoms with E-state index in [-0.39, 0.29) is 17.6 Å². The minimum absolute atomic E-state index is 0.0653. The van der Waals surface area contributed by atoms with Crippen LogP contribution in [-0.4, -0.2) is 30.3 Å². The first-order chi connectivity index (χ1) is 21.0. The summed E-state index contributed by atoms with van der Waals surface area (Å²) < 4.78 is 5.38. The van der Waals surface area contributed by atoms with Gasteiger partial charge in [0.05, 0.1) is 7.11 Å². The highest BCUT2D eigenvalue weighted by Gasteiger charge is 2.63. The fraction of sp³-hybridized carbons (Fsp3) is 0.243. The van der Waals surface area contributed by atoms with E-state index in [2.05, 4.69) is 36.2 Å². The fourth-order valence-electron chi connectivity index (χ4n) is 7.40. The number of nitrogens with zero attached hydrogens (tertiary/aromatic N) is 1. The number of aromatic nitrogens is 1. The van der Waals surface area contributed by atoms with Crippen molar-refractivity contribution in [2.24, 2.45) is 5.92 Å². The topological polar surface area (TPSA) is 62.4 Å². The highest BCUT2D eigenvalue weighted by molar-refractivity contribution is 6.31. The van der Waals surface area contributed by atoms with Crippen LogP contribution >= 0.6 is 11.6 Å². The van der Waals surface area contributed by atoms with Gasteiger partial charge in [-0.3, -0.25) is 9.59 Å². The molecule has 6 heteroatoms. The molecular formula is C37H33ClN2O3. The average molecular weight is 589 g/mol. The lowest BCUT2D eigenvalue weighted by atomic mass is 9.57. The number of fused-ring (bicyclic) bond motifs is 6. The SMILES string of the molecule is CCCCN1C(=O)[C@]2(c3cc(Cl)ccc31)c1[nH]c3ccccc3c1[C@H](c1ccccc1)C[C@@H]2C(=O)c1ccc(OC)cc1. The molecular weight excluding hydrogens is 556 g/mol. The number of hydrogen-bond donors (Lipinski definition) is 1. The number of unbranched alkanes of at least 4 members (excludes halogenated alkanes) is 1. The molecule has 1 spiro atoms. The molecule has 0 unspecified atom stereocenters. The minimum Gasteiger partial charge on any atom is -0.497 e. The number of methoxy groups -OCH3 is 1. The summed E-state index contributed by atoms with van der Waals surface area (Å²) in [7, 11) is 1.61. The molecule has 1 aliphatic carbocycles. The Balaban J connectivity index is 1.55. The van der Waals surface area contributed by atoms with Crippen molar-refractivity contribution in [2.75, 3.05) is 18.6 Å². The van der Waals surface area contributed by atoms with Crippen molar-refractivity contribution in [3.05, 3.63) is 130 Å². The van der Waals surface area contributed by atoms with Crippen molar-refractivity contribution in [3.8, 4) is 5.75 Å². The summed E-state index contributed by atoms with van der Waals surface area (Å²) in [5, 5.41) is 1.62. The zero-order chi connectivity index (χ0) is 29.7. The number of ether oxygens (including phenoxy) is 1. The number of carbonyl (C=O) groups excluding carboxylic acids is 2. The predicted molar refractivity (Wildman–Crippen MR) is 172 cm³/mol. The highest BCUT2D eigenvalue weighted by atomic mass is 35.5. The van der Waals surface area contributed by atoms with Crippen molar-refractivity contribution in [1.29, 1.82) is 0 Å². The molecule has 43 heavy (non-hydrogen) atoms. The van der Waals surface area contributed by atoms with Crippen LogP contribution in [0.2, 0.25) is 5.02 Å². The van der Waals surface area contributed by atoms with E-state index in [4.69, 9.17) is 16.3 Å². The number of rotatable bonds is 7. The molecule has 0 fully saturated rings. The van der Waals surface area contributed by atoms with Crippen LogP contribution in [0.15, 0.2) is 97.1 Å². The van der Waals surface area contributed by atoms with E-state index in [0.29, 0.717) is 29.3 Å². The molecule has 7 rings (SSSR count). The van der Waals surface area contributed by atoms with E-state index in [1.807, 2.05) is 53.4 Å². The summed E-state index contributed by atoms with van der Waals surface area (Å²) in [6, 6.07) is 31.5. The van der Waals surface area contributed by atoms with Gasteiger partial charge in [0.1, 0.15) is 11.2 Å². The van der Waals surface area contributed by atoms with E-state index in [9.17, 15) is 4.79 Å². The second-order valence-corrected chi connectivity index (χ2v) is 12.0. The largest absolute Gasteiger partial charge is 0.497 e. The van der Waals surface area contributed by atoms with Crippen LogP contribution in [0.1, 0.15) is 64.8 Å². The maximum absolute atomic E-state index is 15.2. The van der Waals surface area contributed by atoms with Gasteiger partial charge in [-0.25, -0.2) is 0 Å². The van der Waals surface area contributed by atoms with Gasteiger partial charge in [-0.15, -0.1) is 0 Å². The van der Waals surface area contributed by atoms with Gasteiger partial charge in [0.2, 0.25) is 5.91 Å². The number of Topliss-reactive ketones (excluding diaryl/α,β-unsaturated/α-hetero) is 1. The van der Waals surface area contributed by atoms with Crippen LogP contribution in [-0.2, 0) is 10.2 Å². The van der Waals surface area contributed by atoms with Gasteiger partial charge < -0.3 is 14.6 Å². The fourth-order valence-corrected chi connectivity index (χ4v) is 7.58. The Hall–Kier alpha value is -4.35. The Morgan fingerprint density at radius 3 is 2.49 bits per heavy atom. The molecule has 216 valence electrons. The minimum atomic E-state index is -1.26. The van der Waals surface area contributed by atoms with Crippen molar-refractivity contribution in [2.45, 2.75) is 37.5 Å². The third-order valence-electron chi connectivity index (χ3n) is 9.37. The number of para-hydroxylation sites is 1. The Kier molecular flexibility index (Phi) is 6.86. The van der Waals surface area contributed by atoms with E-state index in [1.54, 1.807) is 31.4 Å². The smallest absolute Gasteiger partial charge is 0.244 e. The number of aromatic amines is 1. The Labute approximate surface area is 256 Å². The molecule has 1 aromatic heterocycles. The number of halogens is 1. The number of nitrogens with one attached hydrogen (secondary N) is 1. The molecule has 1 amide bonds. The lowest BCUT2D eigenvalue weighted by molar-refractivity contribution is -0.123. The van der Waals surface area contributed by atoms with Gasteiger partial charge in [-0.1, -0.05) is 73.5 Å². The lowest BCUT2D eigenvalue weighted by Crippen LogP contribution is -2.52. The zero-order valence-corrected chi connectivity index (χ0v) is 25.0. The van der Waals surface area contributed by atoms with Crippen LogP contribution in [0.4, 0.5) is 5.69 Å². The molecule has 2 heterocycles. The number of amides is 1. The van der Waals surface area contributed by atoms with E-state index >= 15 is 4.79 Å². The van der Waals surface area contributed by atoms with Gasteiger partial charge in [0.15, 0.2) is 5.78 Å². The van der Waals surface area contributed by atoms with Crippen LogP contribution in [0, 0.1) is 5.92 Å². The molecule has 0 bridgehead atoms. The van der Waals surface area contributed by atoms with Crippen molar-refractivity contribution >= 4 is 39.9 Å². The molecule has 0 saturated heterocycles. The average Bonchev–Trinajstić information content (AvgIpc) is 3.54. The number of benzene rings is 4. The standard InChI is InChI=1S/C37H33ClN2O3/c1-3-4-20-40-32-19-16-25(38)21-29(32)37(36(40)42)30(34(41)24-14-17-26(43-2)18-15-24)22-28(23-10-6-5-7-11-23)33-27-12-8-9-13-31(27)39-35(33)37/h5-19,21,28,30,39H,3-4,20,22H2,1-2H3/t28-,30+,37-/m0/s1. The Morgan fingerprint density at radius 2 is 1.74 bits per heavy atom. The second-order valence-electron chi connectivity index (χ2n) is 11.6.